The van der Waals surface area contributed by atoms with Crippen molar-refractivity contribution in [3.63, 3.8) is 0 Å². The van der Waals surface area contributed by atoms with Gasteiger partial charge in [-0.15, -0.1) is 0 Å². The number of hydrogen-bond donors (Lipinski definition) is 0. The summed E-state index contributed by atoms with van der Waals surface area (Å²) in [5.74, 6) is -1.56. The lowest BCUT2D eigenvalue weighted by molar-refractivity contribution is -0.267. The van der Waals surface area contributed by atoms with Gasteiger partial charge in [0.1, 0.15) is 24.9 Å². The zero-order valence-electron chi connectivity index (χ0n) is 19.4. The molecule has 10 heteroatoms. The van der Waals surface area contributed by atoms with E-state index in [1.165, 1.54) is 19.2 Å². The number of ether oxygens (including phenoxy) is 5. The SMILES string of the molecule is CO[C@H]1O[C@H](COC(=O)c2ccccc2)[C@H]2OC(C)(C)O[C@H]2[C@H]1OS(=O)(=O)c1ccc(C)cc1. The molecule has 0 spiro atoms. The second kappa shape index (κ2) is 9.73. The third kappa shape index (κ3) is 5.32. The number of benzene rings is 2. The van der Waals surface area contributed by atoms with Gasteiger partial charge in [0.25, 0.3) is 10.1 Å². The molecule has 0 radical (unpaired) electrons. The predicted molar refractivity (Wildman–Crippen MR) is 119 cm³/mol. The second-order valence-electron chi connectivity index (χ2n) is 8.64. The second-order valence-corrected chi connectivity index (χ2v) is 10.2. The number of methoxy groups -OCH3 is 1. The van der Waals surface area contributed by atoms with E-state index < -0.39 is 52.6 Å². The zero-order valence-corrected chi connectivity index (χ0v) is 20.2. The van der Waals surface area contributed by atoms with Crippen molar-refractivity contribution in [2.24, 2.45) is 0 Å². The van der Waals surface area contributed by atoms with Crippen LogP contribution in [0.1, 0.15) is 29.8 Å². The molecular formula is C24H28O9S. The smallest absolute Gasteiger partial charge is 0.338 e. The van der Waals surface area contributed by atoms with Crippen LogP contribution in [0, 0.1) is 6.92 Å². The Kier molecular flexibility index (Phi) is 7.09. The lowest BCUT2D eigenvalue weighted by Gasteiger charge is -2.40. The van der Waals surface area contributed by atoms with Gasteiger partial charge in [0.2, 0.25) is 0 Å². The molecule has 0 bridgehead atoms. The standard InChI is InChI=1S/C24H28O9S/c1-15-10-12-17(13-11-15)34(26,27)33-21-20-19(31-24(2,3)32-20)18(30-23(21)28-4)14-29-22(25)16-8-6-5-7-9-16/h5-13,18-21,23H,14H2,1-4H3/t18-,19-,20-,21-,23+/m1/s1. The summed E-state index contributed by atoms with van der Waals surface area (Å²) in [5, 5.41) is 0. The normalized spacial score (nSPS) is 28.3. The average Bonchev–Trinajstić information content (AvgIpc) is 3.14. The predicted octanol–water partition coefficient (Wildman–Crippen LogP) is 2.82. The number of fused-ring (bicyclic) bond motifs is 1. The summed E-state index contributed by atoms with van der Waals surface area (Å²) in [6, 6.07) is 14.8. The maximum atomic E-state index is 13.0. The number of carbonyl (C=O) groups is 1. The average molecular weight is 493 g/mol. The Hall–Kier alpha value is -2.34. The van der Waals surface area contributed by atoms with Crippen LogP contribution in [-0.2, 0) is 38.0 Å². The molecule has 0 aromatic heterocycles. The fourth-order valence-electron chi connectivity index (χ4n) is 3.99. The minimum atomic E-state index is -4.16. The van der Waals surface area contributed by atoms with Gasteiger partial charge in [-0.2, -0.15) is 8.42 Å². The Bertz CT molecular complexity index is 1100. The Balaban J connectivity index is 1.54. The highest BCUT2D eigenvalue weighted by Gasteiger charge is 2.57. The molecule has 0 N–H and O–H groups in total. The van der Waals surface area contributed by atoms with Crippen LogP contribution in [0.15, 0.2) is 59.5 Å². The van der Waals surface area contributed by atoms with Crippen LogP contribution in [0.25, 0.3) is 0 Å². The van der Waals surface area contributed by atoms with Crippen LogP contribution in [0.2, 0.25) is 0 Å². The topological polar surface area (TPSA) is 107 Å². The molecule has 2 aliphatic heterocycles. The van der Waals surface area contributed by atoms with Crippen molar-refractivity contribution in [3.8, 4) is 0 Å². The van der Waals surface area contributed by atoms with Gasteiger partial charge in [-0.1, -0.05) is 35.9 Å². The minimum absolute atomic E-state index is 0.00148. The number of rotatable bonds is 7. The molecule has 4 rings (SSSR count). The monoisotopic (exact) mass is 492 g/mol. The zero-order chi connectivity index (χ0) is 24.5. The maximum absolute atomic E-state index is 13.0. The van der Waals surface area contributed by atoms with E-state index >= 15 is 0 Å². The number of carbonyl (C=O) groups excluding carboxylic acids is 1. The van der Waals surface area contributed by atoms with Gasteiger partial charge >= 0.3 is 5.97 Å². The molecule has 2 saturated heterocycles. The van der Waals surface area contributed by atoms with Crippen LogP contribution in [0.3, 0.4) is 0 Å². The first kappa shape index (κ1) is 24.8. The third-order valence-electron chi connectivity index (χ3n) is 5.60. The lowest BCUT2D eigenvalue weighted by atomic mass is 9.99. The van der Waals surface area contributed by atoms with E-state index in [4.69, 9.17) is 27.9 Å². The Morgan fingerprint density at radius 2 is 1.65 bits per heavy atom. The molecule has 9 nitrogen and oxygen atoms in total. The van der Waals surface area contributed by atoms with Gasteiger partial charge in [0.05, 0.1) is 10.5 Å². The first-order valence-electron chi connectivity index (χ1n) is 10.9. The van der Waals surface area contributed by atoms with Crippen molar-refractivity contribution in [3.05, 3.63) is 65.7 Å². The largest absolute Gasteiger partial charge is 0.459 e. The fraction of sp³-hybridized carbons (Fsp3) is 0.458. The van der Waals surface area contributed by atoms with E-state index in [9.17, 15) is 13.2 Å². The van der Waals surface area contributed by atoms with Gasteiger partial charge < -0.3 is 23.7 Å². The van der Waals surface area contributed by atoms with Crippen molar-refractivity contribution < 1.29 is 41.1 Å². The van der Waals surface area contributed by atoms with E-state index in [0.717, 1.165) is 5.56 Å². The minimum Gasteiger partial charge on any atom is -0.459 e. The molecule has 184 valence electrons. The molecule has 2 aromatic rings. The molecule has 0 amide bonds. The molecule has 0 saturated carbocycles. The first-order valence-corrected chi connectivity index (χ1v) is 12.3. The molecule has 2 aliphatic rings. The summed E-state index contributed by atoms with van der Waals surface area (Å²) in [7, 11) is -2.79. The summed E-state index contributed by atoms with van der Waals surface area (Å²) in [4.78, 5) is 12.4. The van der Waals surface area contributed by atoms with Crippen molar-refractivity contribution in [1.82, 2.24) is 0 Å². The van der Waals surface area contributed by atoms with Crippen LogP contribution in [-0.4, -0.2) is 64.6 Å². The molecule has 2 fully saturated rings. The quantitative estimate of drug-likeness (QED) is 0.426. The van der Waals surface area contributed by atoms with Crippen molar-refractivity contribution in [2.45, 2.75) is 62.2 Å². The van der Waals surface area contributed by atoms with Crippen molar-refractivity contribution in [1.29, 1.82) is 0 Å². The third-order valence-corrected chi connectivity index (χ3v) is 6.92. The van der Waals surface area contributed by atoms with Crippen LogP contribution >= 0.6 is 0 Å². The number of aryl methyl sites for hydroxylation is 1. The maximum Gasteiger partial charge on any atom is 0.338 e. The summed E-state index contributed by atoms with van der Waals surface area (Å²) >= 11 is 0. The van der Waals surface area contributed by atoms with E-state index in [0.29, 0.717) is 5.56 Å². The van der Waals surface area contributed by atoms with E-state index in [2.05, 4.69) is 0 Å². The number of hydrogen-bond acceptors (Lipinski definition) is 9. The highest BCUT2D eigenvalue weighted by molar-refractivity contribution is 7.86. The molecule has 2 heterocycles. The van der Waals surface area contributed by atoms with Crippen molar-refractivity contribution >= 4 is 16.1 Å². The summed E-state index contributed by atoms with van der Waals surface area (Å²) in [5.41, 5.74) is 1.31. The van der Waals surface area contributed by atoms with Crippen LogP contribution < -0.4 is 0 Å². The highest BCUT2D eigenvalue weighted by atomic mass is 32.2. The van der Waals surface area contributed by atoms with Crippen molar-refractivity contribution in [2.75, 3.05) is 13.7 Å². The molecule has 2 aromatic carbocycles. The summed E-state index contributed by atoms with van der Waals surface area (Å²) in [6.07, 6.45) is -4.65. The molecule has 0 unspecified atom stereocenters. The van der Waals surface area contributed by atoms with Gasteiger partial charge in [-0.25, -0.2) is 4.79 Å². The van der Waals surface area contributed by atoms with E-state index in [1.54, 1.807) is 56.3 Å². The Morgan fingerprint density at radius 3 is 2.29 bits per heavy atom. The molecular weight excluding hydrogens is 464 g/mol. The summed E-state index contributed by atoms with van der Waals surface area (Å²) in [6.45, 7) is 5.11. The van der Waals surface area contributed by atoms with Gasteiger partial charge in [-0.05, 0) is 45.0 Å². The number of esters is 1. The summed E-state index contributed by atoms with van der Waals surface area (Å²) < 4.78 is 60.3. The molecule has 0 aliphatic carbocycles. The highest BCUT2D eigenvalue weighted by Crippen LogP contribution is 2.40. The van der Waals surface area contributed by atoms with E-state index in [1.807, 2.05) is 6.92 Å². The Morgan fingerprint density at radius 1 is 1.00 bits per heavy atom. The molecule has 5 atom stereocenters. The lowest BCUT2D eigenvalue weighted by Crippen LogP contribution is -2.59. The Labute approximate surface area is 199 Å². The van der Waals surface area contributed by atoms with Crippen LogP contribution in [0.5, 0.6) is 0 Å². The van der Waals surface area contributed by atoms with E-state index in [-0.39, 0.29) is 11.5 Å². The fourth-order valence-corrected chi connectivity index (χ4v) is 5.06. The first-order chi connectivity index (χ1) is 16.1. The van der Waals surface area contributed by atoms with Crippen LogP contribution in [0.4, 0.5) is 0 Å². The van der Waals surface area contributed by atoms with Gasteiger partial charge in [0, 0.05) is 7.11 Å². The van der Waals surface area contributed by atoms with Gasteiger partial charge in [-0.3, -0.25) is 4.18 Å². The molecule has 34 heavy (non-hydrogen) atoms. The van der Waals surface area contributed by atoms with Gasteiger partial charge in [0.15, 0.2) is 18.2 Å².